The summed E-state index contributed by atoms with van der Waals surface area (Å²) in [5.41, 5.74) is 4.39. The van der Waals surface area contributed by atoms with Gasteiger partial charge < -0.3 is 15.9 Å². The predicted molar refractivity (Wildman–Crippen MR) is 28.2 cm³/mol. The fourth-order valence-corrected chi connectivity index (χ4v) is 0. The number of hydrogen-bond acceptors (Lipinski definition) is 3. The van der Waals surface area contributed by atoms with E-state index in [0.717, 1.165) is 6.34 Å². The van der Waals surface area contributed by atoms with E-state index >= 15 is 0 Å². The summed E-state index contributed by atoms with van der Waals surface area (Å²) < 4.78 is 0. The van der Waals surface area contributed by atoms with Crippen molar-refractivity contribution in [3.63, 3.8) is 0 Å². The number of carboxylic acids is 2. The summed E-state index contributed by atoms with van der Waals surface area (Å²) in [5, 5.41) is 20.6. The Hall–Kier alpha value is -1.59. The van der Waals surface area contributed by atoms with E-state index in [1.807, 2.05) is 0 Å². The zero-order valence-corrected chi connectivity index (χ0v) is 4.37. The summed E-state index contributed by atoms with van der Waals surface area (Å²) in [6.45, 7) is 0. The Morgan fingerprint density at radius 3 is 1.44 bits per heavy atom. The second kappa shape index (κ2) is 6.41. The van der Waals surface area contributed by atoms with Crippen molar-refractivity contribution in [1.29, 1.82) is 5.41 Å². The molecule has 52 valence electrons. The first-order chi connectivity index (χ1) is 4.06. The molecule has 0 aromatic heterocycles. The van der Waals surface area contributed by atoms with Gasteiger partial charge in [0.2, 0.25) is 0 Å². The zero-order chi connectivity index (χ0) is 7.86. The molecule has 0 aromatic carbocycles. The number of carboxylic acid groups (broad SMARTS) is 2. The molecule has 0 saturated heterocycles. The second-order valence-corrected chi connectivity index (χ2v) is 0.777. The van der Waals surface area contributed by atoms with Crippen LogP contribution in [0.4, 0.5) is 0 Å². The Morgan fingerprint density at radius 1 is 1.33 bits per heavy atom. The SMILES string of the molecule is N=CN.O=C(O)C(=O)O. The van der Waals surface area contributed by atoms with Crippen LogP contribution in [-0.4, -0.2) is 28.5 Å². The van der Waals surface area contributed by atoms with Gasteiger partial charge >= 0.3 is 11.9 Å². The van der Waals surface area contributed by atoms with Crippen molar-refractivity contribution in [3.8, 4) is 0 Å². The Bertz CT molecular complexity index is 109. The fourth-order valence-electron chi connectivity index (χ4n) is 0. The van der Waals surface area contributed by atoms with Crippen LogP contribution in [0.5, 0.6) is 0 Å². The molecule has 0 rings (SSSR count). The molecular weight excluding hydrogens is 128 g/mol. The Morgan fingerprint density at radius 2 is 1.44 bits per heavy atom. The maximum absolute atomic E-state index is 9.10. The van der Waals surface area contributed by atoms with Crippen molar-refractivity contribution in [3.05, 3.63) is 0 Å². The molecule has 0 atom stereocenters. The number of nitrogens with two attached hydrogens (primary N) is 1. The number of hydrogen-bond donors (Lipinski definition) is 4. The van der Waals surface area contributed by atoms with Crippen molar-refractivity contribution in [2.24, 2.45) is 5.73 Å². The largest absolute Gasteiger partial charge is 0.473 e. The van der Waals surface area contributed by atoms with Crippen molar-refractivity contribution in [1.82, 2.24) is 0 Å². The molecule has 0 unspecified atom stereocenters. The second-order valence-electron chi connectivity index (χ2n) is 0.777. The van der Waals surface area contributed by atoms with E-state index in [1.54, 1.807) is 0 Å². The molecule has 0 aliphatic heterocycles. The number of carbonyl (C=O) groups is 2. The highest BCUT2D eigenvalue weighted by molar-refractivity contribution is 6.27. The van der Waals surface area contributed by atoms with Gasteiger partial charge in [0.1, 0.15) is 0 Å². The Balaban J connectivity index is 0. The van der Waals surface area contributed by atoms with E-state index in [0.29, 0.717) is 0 Å². The molecule has 6 nitrogen and oxygen atoms in total. The molecular formula is C3H6N2O4. The summed E-state index contributed by atoms with van der Waals surface area (Å²) in [7, 11) is 0. The molecule has 0 heterocycles. The summed E-state index contributed by atoms with van der Waals surface area (Å²) in [6, 6.07) is 0. The highest BCUT2D eigenvalue weighted by atomic mass is 16.4. The van der Waals surface area contributed by atoms with Gasteiger partial charge in [-0.3, -0.25) is 5.41 Å². The first kappa shape index (κ1) is 10.4. The van der Waals surface area contributed by atoms with E-state index in [1.165, 1.54) is 0 Å². The molecule has 0 radical (unpaired) electrons. The minimum Gasteiger partial charge on any atom is -0.473 e. The summed E-state index contributed by atoms with van der Waals surface area (Å²) in [4.78, 5) is 18.2. The van der Waals surface area contributed by atoms with Gasteiger partial charge in [-0.05, 0) is 0 Å². The van der Waals surface area contributed by atoms with Crippen LogP contribution in [0.25, 0.3) is 0 Å². The maximum atomic E-state index is 9.10. The summed E-state index contributed by atoms with van der Waals surface area (Å²) >= 11 is 0. The van der Waals surface area contributed by atoms with Crippen LogP contribution in [0.1, 0.15) is 0 Å². The van der Waals surface area contributed by atoms with E-state index in [-0.39, 0.29) is 0 Å². The van der Waals surface area contributed by atoms with Gasteiger partial charge in [-0.25, -0.2) is 9.59 Å². The van der Waals surface area contributed by atoms with Crippen LogP contribution < -0.4 is 5.73 Å². The van der Waals surface area contributed by atoms with Crippen molar-refractivity contribution in [2.45, 2.75) is 0 Å². The molecule has 0 spiro atoms. The molecule has 6 heteroatoms. The molecule has 5 N–H and O–H groups in total. The minimum atomic E-state index is -1.82. The van der Waals surface area contributed by atoms with Gasteiger partial charge in [0.25, 0.3) is 0 Å². The van der Waals surface area contributed by atoms with E-state index < -0.39 is 11.9 Å². The lowest BCUT2D eigenvalue weighted by molar-refractivity contribution is -0.159. The topological polar surface area (TPSA) is 124 Å². The number of rotatable bonds is 0. The maximum Gasteiger partial charge on any atom is 0.414 e. The van der Waals surface area contributed by atoms with Gasteiger partial charge in [0.05, 0.1) is 6.34 Å². The molecule has 0 fully saturated rings. The zero-order valence-electron chi connectivity index (χ0n) is 4.37. The number of aliphatic carboxylic acids is 2. The Kier molecular flexibility index (Phi) is 7.41. The van der Waals surface area contributed by atoms with Gasteiger partial charge in [-0.2, -0.15) is 0 Å². The normalized spacial score (nSPS) is 6.22. The van der Waals surface area contributed by atoms with E-state index in [9.17, 15) is 0 Å². The fraction of sp³-hybridized carbons (Fsp3) is 0. The third kappa shape index (κ3) is 21.5. The minimum absolute atomic E-state index is 0.750. The Labute approximate surface area is 50.4 Å². The average Bonchev–Trinajstić information content (AvgIpc) is 1.68. The third-order valence-corrected chi connectivity index (χ3v) is 0.183. The van der Waals surface area contributed by atoms with Crippen LogP contribution in [0.2, 0.25) is 0 Å². The van der Waals surface area contributed by atoms with Crippen LogP contribution >= 0.6 is 0 Å². The summed E-state index contributed by atoms with van der Waals surface area (Å²) in [6.07, 6.45) is 0.750. The van der Waals surface area contributed by atoms with Gasteiger partial charge in [-0.1, -0.05) is 0 Å². The van der Waals surface area contributed by atoms with E-state index in [4.69, 9.17) is 25.2 Å². The predicted octanol–water partition coefficient (Wildman–Crippen LogP) is -1.29. The molecule has 0 aliphatic rings. The lowest BCUT2D eigenvalue weighted by Crippen LogP contribution is -2.09. The highest BCUT2D eigenvalue weighted by Crippen LogP contribution is 1.56. The van der Waals surface area contributed by atoms with Crippen molar-refractivity contribution >= 4 is 18.3 Å². The van der Waals surface area contributed by atoms with Crippen LogP contribution in [0, 0.1) is 5.41 Å². The van der Waals surface area contributed by atoms with Crippen LogP contribution in [0.15, 0.2) is 0 Å². The molecule has 0 saturated carbocycles. The first-order valence-electron chi connectivity index (χ1n) is 1.73. The molecule has 9 heavy (non-hydrogen) atoms. The van der Waals surface area contributed by atoms with Crippen LogP contribution in [-0.2, 0) is 9.59 Å². The van der Waals surface area contributed by atoms with Crippen molar-refractivity contribution < 1.29 is 19.8 Å². The molecule has 0 aromatic rings. The monoisotopic (exact) mass is 134 g/mol. The van der Waals surface area contributed by atoms with Gasteiger partial charge in [-0.15, -0.1) is 0 Å². The quantitative estimate of drug-likeness (QED) is 0.186. The molecule has 0 aliphatic carbocycles. The van der Waals surface area contributed by atoms with Crippen molar-refractivity contribution in [2.75, 3.05) is 0 Å². The van der Waals surface area contributed by atoms with Gasteiger partial charge in [0, 0.05) is 0 Å². The van der Waals surface area contributed by atoms with Gasteiger partial charge in [0.15, 0.2) is 0 Å². The number of nitrogens with one attached hydrogen (secondary N) is 1. The summed E-state index contributed by atoms with van der Waals surface area (Å²) in [5.74, 6) is -3.65. The standard InChI is InChI=1S/C2H2O4.CH4N2/c3-1(4)2(5)6;2-1-3/h(H,3,4)(H,5,6);1H,(H3,2,3). The molecule has 0 amide bonds. The highest BCUT2D eigenvalue weighted by Gasteiger charge is 2.04. The lowest BCUT2D eigenvalue weighted by Gasteiger charge is -1.72. The third-order valence-electron chi connectivity index (χ3n) is 0.183. The molecule has 0 bridgehead atoms. The van der Waals surface area contributed by atoms with E-state index in [2.05, 4.69) is 5.73 Å². The smallest absolute Gasteiger partial charge is 0.414 e. The average molecular weight is 134 g/mol. The first-order valence-corrected chi connectivity index (χ1v) is 1.73. The van der Waals surface area contributed by atoms with Crippen LogP contribution in [0.3, 0.4) is 0 Å². The lowest BCUT2D eigenvalue weighted by atomic mass is 10.7.